The zero-order valence-corrected chi connectivity index (χ0v) is 6.58. The van der Waals surface area contributed by atoms with Gasteiger partial charge in [-0.05, 0) is 25.3 Å². The number of aliphatic hydroxyl groups excluding tert-OH is 1. The van der Waals surface area contributed by atoms with Crippen LogP contribution in [0.5, 0.6) is 0 Å². The lowest BCUT2D eigenvalue weighted by atomic mass is 9.89. The van der Waals surface area contributed by atoms with E-state index in [0.717, 1.165) is 25.9 Å². The van der Waals surface area contributed by atoms with Crippen LogP contribution in [-0.4, -0.2) is 35.5 Å². The summed E-state index contributed by atoms with van der Waals surface area (Å²) in [5.41, 5.74) is -0.770. The van der Waals surface area contributed by atoms with E-state index in [1.54, 1.807) is 0 Å². The predicted octanol–water partition coefficient (Wildman–Crippen LogP) is -0.661. The summed E-state index contributed by atoms with van der Waals surface area (Å²) in [4.78, 5) is 0. The van der Waals surface area contributed by atoms with Gasteiger partial charge in [0.2, 0.25) is 0 Å². The van der Waals surface area contributed by atoms with Gasteiger partial charge in [-0.2, -0.15) is 0 Å². The van der Waals surface area contributed by atoms with Crippen LogP contribution in [0.3, 0.4) is 0 Å². The summed E-state index contributed by atoms with van der Waals surface area (Å²) in [6, 6.07) is 0. The van der Waals surface area contributed by atoms with Crippen molar-refractivity contribution in [1.82, 2.24) is 5.32 Å². The van der Waals surface area contributed by atoms with E-state index in [0.29, 0.717) is 11.8 Å². The Balaban J connectivity index is 2.14. The second kappa shape index (κ2) is 2.44. The van der Waals surface area contributed by atoms with Crippen LogP contribution < -0.4 is 5.32 Å². The number of fused-ring (bicyclic) bond motifs is 1. The lowest BCUT2D eigenvalue weighted by molar-refractivity contribution is -0.0438. The molecule has 2 fully saturated rings. The third-order valence-corrected chi connectivity index (χ3v) is 3.25. The van der Waals surface area contributed by atoms with Crippen molar-refractivity contribution in [2.45, 2.75) is 18.4 Å². The summed E-state index contributed by atoms with van der Waals surface area (Å²) < 4.78 is 0. The topological polar surface area (TPSA) is 52.5 Å². The van der Waals surface area contributed by atoms with E-state index in [9.17, 15) is 5.11 Å². The molecule has 1 aliphatic carbocycles. The Hall–Kier alpha value is -0.120. The Morgan fingerprint density at radius 3 is 3.00 bits per heavy atom. The Morgan fingerprint density at radius 2 is 2.27 bits per heavy atom. The molecule has 3 heteroatoms. The van der Waals surface area contributed by atoms with Gasteiger partial charge < -0.3 is 15.5 Å². The molecular weight excluding hydrogens is 142 g/mol. The van der Waals surface area contributed by atoms with Crippen LogP contribution in [0.25, 0.3) is 0 Å². The van der Waals surface area contributed by atoms with Crippen molar-refractivity contribution < 1.29 is 10.2 Å². The van der Waals surface area contributed by atoms with Gasteiger partial charge in [0.05, 0.1) is 12.2 Å². The zero-order valence-electron chi connectivity index (χ0n) is 6.58. The van der Waals surface area contributed by atoms with Crippen molar-refractivity contribution >= 4 is 0 Å². The van der Waals surface area contributed by atoms with Crippen molar-refractivity contribution in [3.63, 3.8) is 0 Å². The molecule has 1 saturated heterocycles. The largest absolute Gasteiger partial charge is 0.393 e. The standard InChI is InChI=1S/C8H15NO2/c10-5-8(11)2-1-6-3-9-4-7(6)8/h6-7,9-11H,1-5H2/t6?,7?,8-/m1/s1. The van der Waals surface area contributed by atoms with Gasteiger partial charge in [-0.1, -0.05) is 0 Å². The summed E-state index contributed by atoms with van der Waals surface area (Å²) in [5.74, 6) is 0.902. The lowest BCUT2D eigenvalue weighted by Gasteiger charge is -2.26. The predicted molar refractivity (Wildman–Crippen MR) is 41.1 cm³/mol. The third-order valence-electron chi connectivity index (χ3n) is 3.25. The molecule has 0 amide bonds. The van der Waals surface area contributed by atoms with Crippen molar-refractivity contribution in [3.8, 4) is 0 Å². The van der Waals surface area contributed by atoms with E-state index < -0.39 is 5.60 Å². The third kappa shape index (κ3) is 0.991. The monoisotopic (exact) mass is 157 g/mol. The molecule has 64 valence electrons. The van der Waals surface area contributed by atoms with Gasteiger partial charge in [0.15, 0.2) is 0 Å². The van der Waals surface area contributed by atoms with Crippen LogP contribution in [0.1, 0.15) is 12.8 Å². The molecule has 3 nitrogen and oxygen atoms in total. The van der Waals surface area contributed by atoms with Crippen LogP contribution in [0.2, 0.25) is 0 Å². The Kier molecular flexibility index (Phi) is 1.67. The van der Waals surface area contributed by atoms with Crippen LogP contribution >= 0.6 is 0 Å². The van der Waals surface area contributed by atoms with Gasteiger partial charge in [0.25, 0.3) is 0 Å². The zero-order chi connectivity index (χ0) is 7.90. The van der Waals surface area contributed by atoms with Crippen LogP contribution in [0.15, 0.2) is 0 Å². The summed E-state index contributed by atoms with van der Waals surface area (Å²) >= 11 is 0. The molecule has 1 aliphatic heterocycles. The molecule has 0 aromatic carbocycles. The van der Waals surface area contributed by atoms with Crippen molar-refractivity contribution in [2.75, 3.05) is 19.7 Å². The maximum absolute atomic E-state index is 9.88. The molecule has 3 N–H and O–H groups in total. The average molecular weight is 157 g/mol. The highest BCUT2D eigenvalue weighted by Crippen LogP contribution is 2.41. The molecule has 0 aromatic rings. The first-order valence-corrected chi connectivity index (χ1v) is 4.30. The maximum atomic E-state index is 9.88. The molecular formula is C8H15NO2. The molecule has 0 aromatic heterocycles. The van der Waals surface area contributed by atoms with Gasteiger partial charge in [-0.3, -0.25) is 0 Å². The number of rotatable bonds is 1. The molecule has 2 unspecified atom stereocenters. The van der Waals surface area contributed by atoms with Crippen LogP contribution in [0, 0.1) is 11.8 Å². The summed E-state index contributed by atoms with van der Waals surface area (Å²) in [7, 11) is 0. The second-order valence-electron chi connectivity index (χ2n) is 3.83. The minimum absolute atomic E-state index is 0.0736. The first kappa shape index (κ1) is 7.53. The van der Waals surface area contributed by atoms with Crippen LogP contribution in [-0.2, 0) is 0 Å². The van der Waals surface area contributed by atoms with Gasteiger partial charge >= 0.3 is 0 Å². The van der Waals surface area contributed by atoms with Crippen molar-refractivity contribution in [3.05, 3.63) is 0 Å². The molecule has 3 atom stereocenters. The highest BCUT2D eigenvalue weighted by atomic mass is 16.3. The fraction of sp³-hybridized carbons (Fsp3) is 1.00. The molecule has 1 saturated carbocycles. The molecule has 2 aliphatic rings. The first-order valence-electron chi connectivity index (χ1n) is 4.30. The van der Waals surface area contributed by atoms with E-state index in [4.69, 9.17) is 5.11 Å². The lowest BCUT2D eigenvalue weighted by Crippen LogP contribution is -2.40. The highest BCUT2D eigenvalue weighted by Gasteiger charge is 2.48. The minimum atomic E-state index is -0.770. The van der Waals surface area contributed by atoms with E-state index in [-0.39, 0.29) is 6.61 Å². The van der Waals surface area contributed by atoms with Crippen LogP contribution in [0.4, 0.5) is 0 Å². The Labute approximate surface area is 66.4 Å². The molecule has 2 rings (SSSR count). The summed E-state index contributed by atoms with van der Waals surface area (Å²) in [6.07, 6.45) is 1.84. The smallest absolute Gasteiger partial charge is 0.0920 e. The average Bonchev–Trinajstić information content (AvgIpc) is 2.55. The molecule has 0 radical (unpaired) electrons. The molecule has 1 heterocycles. The van der Waals surface area contributed by atoms with Crippen molar-refractivity contribution in [2.24, 2.45) is 11.8 Å². The Morgan fingerprint density at radius 1 is 1.45 bits per heavy atom. The summed E-state index contributed by atoms with van der Waals surface area (Å²) in [6.45, 7) is 1.82. The molecule has 0 bridgehead atoms. The van der Waals surface area contributed by atoms with E-state index in [1.165, 1.54) is 0 Å². The van der Waals surface area contributed by atoms with Crippen molar-refractivity contribution in [1.29, 1.82) is 0 Å². The highest BCUT2D eigenvalue weighted by molar-refractivity contribution is 5.01. The van der Waals surface area contributed by atoms with E-state index in [1.807, 2.05) is 0 Å². The fourth-order valence-corrected chi connectivity index (χ4v) is 2.48. The van der Waals surface area contributed by atoms with Gasteiger partial charge in [-0.15, -0.1) is 0 Å². The van der Waals surface area contributed by atoms with E-state index in [2.05, 4.69) is 5.32 Å². The number of nitrogens with one attached hydrogen (secondary N) is 1. The quantitative estimate of drug-likeness (QED) is 0.473. The number of aliphatic hydroxyl groups is 2. The normalized spacial score (nSPS) is 49.6. The minimum Gasteiger partial charge on any atom is -0.393 e. The van der Waals surface area contributed by atoms with Gasteiger partial charge in [0.1, 0.15) is 0 Å². The SMILES string of the molecule is OC[C@]1(O)CCC2CNCC21. The summed E-state index contributed by atoms with van der Waals surface area (Å²) in [5, 5.41) is 22.1. The maximum Gasteiger partial charge on any atom is 0.0920 e. The fourth-order valence-electron chi connectivity index (χ4n) is 2.48. The number of hydrogen-bond donors (Lipinski definition) is 3. The van der Waals surface area contributed by atoms with Gasteiger partial charge in [0, 0.05) is 12.5 Å². The second-order valence-corrected chi connectivity index (χ2v) is 3.83. The number of hydrogen-bond acceptors (Lipinski definition) is 3. The molecule has 0 spiro atoms. The first-order chi connectivity index (χ1) is 5.26. The molecule has 11 heavy (non-hydrogen) atoms. The van der Waals surface area contributed by atoms with Gasteiger partial charge in [-0.25, -0.2) is 0 Å². The Bertz CT molecular complexity index is 162. The van der Waals surface area contributed by atoms with E-state index >= 15 is 0 Å².